The Morgan fingerprint density at radius 2 is 1.81 bits per heavy atom. The molecule has 2 heterocycles. The lowest BCUT2D eigenvalue weighted by Gasteiger charge is -2.24. The molecule has 5 rings (SSSR count). The van der Waals surface area contributed by atoms with Crippen LogP contribution in [0.4, 0.5) is 4.39 Å². The minimum atomic E-state index is -0.205. The number of benzene rings is 3. The molecule has 0 bridgehead atoms. The van der Waals surface area contributed by atoms with Gasteiger partial charge in [0, 0.05) is 39.5 Å². The van der Waals surface area contributed by atoms with Crippen molar-refractivity contribution in [1.82, 2.24) is 10.3 Å². The van der Waals surface area contributed by atoms with Crippen molar-refractivity contribution < 1.29 is 4.39 Å². The minimum Gasteiger partial charge on any atom is -0.357 e. The molecule has 0 saturated heterocycles. The van der Waals surface area contributed by atoms with Crippen LogP contribution in [-0.2, 0) is 13.0 Å². The van der Waals surface area contributed by atoms with Crippen LogP contribution in [0, 0.1) is 12.7 Å². The van der Waals surface area contributed by atoms with Crippen molar-refractivity contribution in [2.75, 3.05) is 5.75 Å². The number of aromatic nitrogens is 1. The van der Waals surface area contributed by atoms with Crippen molar-refractivity contribution in [3.05, 3.63) is 87.8 Å². The normalized spacial score (nSPS) is 15.8. The summed E-state index contributed by atoms with van der Waals surface area (Å²) in [6, 6.07) is 20.3. The molecule has 1 unspecified atom stereocenters. The van der Waals surface area contributed by atoms with Crippen molar-refractivity contribution in [2.24, 2.45) is 0 Å². The van der Waals surface area contributed by atoms with Crippen molar-refractivity contribution >= 4 is 38.6 Å². The second kappa shape index (κ2) is 9.42. The molecule has 1 atom stereocenters. The zero-order valence-corrected chi connectivity index (χ0v) is 20.5. The first-order valence-electron chi connectivity index (χ1n) is 11.1. The highest BCUT2D eigenvalue weighted by Crippen LogP contribution is 2.38. The smallest absolute Gasteiger partial charge is 0.123 e. The number of fused-ring (bicyclic) bond motifs is 3. The molecule has 4 aromatic rings. The van der Waals surface area contributed by atoms with Crippen molar-refractivity contribution in [3.8, 4) is 11.1 Å². The Hall–Kier alpha value is -2.08. The third kappa shape index (κ3) is 4.52. The van der Waals surface area contributed by atoms with Gasteiger partial charge in [0.05, 0.1) is 5.52 Å². The summed E-state index contributed by atoms with van der Waals surface area (Å²) in [5.41, 5.74) is 7.30. The maximum absolute atomic E-state index is 13.5. The summed E-state index contributed by atoms with van der Waals surface area (Å²) >= 11 is 5.66. The molecule has 0 radical (unpaired) electrons. The summed E-state index contributed by atoms with van der Waals surface area (Å²) in [6.45, 7) is 2.98. The topological polar surface area (TPSA) is 27.8 Å². The van der Waals surface area contributed by atoms with Gasteiger partial charge in [0.25, 0.3) is 0 Å². The van der Waals surface area contributed by atoms with Gasteiger partial charge in [0.2, 0.25) is 0 Å². The average Bonchev–Trinajstić information content (AvgIpc) is 3.19. The SMILES string of the molecule is Cc1ccc(SCCCC2Cc3[nH]c4c(Br)ccc(-c5ccc(F)cc5)c4c3CN2)cc1. The van der Waals surface area contributed by atoms with Crippen LogP contribution in [0.3, 0.4) is 0 Å². The van der Waals surface area contributed by atoms with E-state index in [0.717, 1.165) is 39.8 Å². The van der Waals surface area contributed by atoms with Crippen molar-refractivity contribution in [2.45, 2.75) is 43.7 Å². The third-order valence-corrected chi connectivity index (χ3v) is 8.02. The number of thioether (sulfide) groups is 1. The molecule has 0 fully saturated rings. The fourth-order valence-electron chi connectivity index (χ4n) is 4.55. The monoisotopic (exact) mass is 508 g/mol. The van der Waals surface area contributed by atoms with Gasteiger partial charge < -0.3 is 10.3 Å². The molecule has 0 spiro atoms. The number of nitrogens with one attached hydrogen (secondary N) is 2. The highest BCUT2D eigenvalue weighted by atomic mass is 79.9. The third-order valence-electron chi connectivity index (χ3n) is 6.26. The fourth-order valence-corrected chi connectivity index (χ4v) is 5.86. The zero-order valence-electron chi connectivity index (χ0n) is 18.1. The van der Waals surface area contributed by atoms with Crippen LogP contribution in [0.25, 0.3) is 22.0 Å². The number of aromatic amines is 1. The lowest BCUT2D eigenvalue weighted by molar-refractivity contribution is 0.447. The lowest BCUT2D eigenvalue weighted by Crippen LogP contribution is -2.35. The maximum Gasteiger partial charge on any atom is 0.123 e. The quantitative estimate of drug-likeness (QED) is 0.207. The first-order valence-corrected chi connectivity index (χ1v) is 12.9. The maximum atomic E-state index is 13.5. The average molecular weight is 509 g/mol. The first-order chi connectivity index (χ1) is 15.6. The molecule has 1 aromatic heterocycles. The van der Waals surface area contributed by atoms with E-state index in [1.165, 1.54) is 52.1 Å². The predicted molar refractivity (Wildman–Crippen MR) is 137 cm³/mol. The van der Waals surface area contributed by atoms with Gasteiger partial charge in [-0.1, -0.05) is 35.9 Å². The Morgan fingerprint density at radius 1 is 1.03 bits per heavy atom. The number of aryl methyl sites for hydroxylation is 1. The molecule has 32 heavy (non-hydrogen) atoms. The number of hydrogen-bond donors (Lipinski definition) is 2. The van der Waals surface area contributed by atoms with E-state index in [1.807, 2.05) is 23.9 Å². The molecule has 1 aliphatic rings. The molecule has 0 saturated carbocycles. The van der Waals surface area contributed by atoms with Gasteiger partial charge in [0.1, 0.15) is 5.82 Å². The number of H-pyrrole nitrogens is 1. The molecule has 0 aliphatic carbocycles. The Labute approximate surface area is 201 Å². The van der Waals surface area contributed by atoms with E-state index in [4.69, 9.17) is 0 Å². The van der Waals surface area contributed by atoms with Gasteiger partial charge in [-0.2, -0.15) is 0 Å². The van der Waals surface area contributed by atoms with Crippen LogP contribution in [0.2, 0.25) is 0 Å². The summed E-state index contributed by atoms with van der Waals surface area (Å²) in [4.78, 5) is 5.04. The molecule has 0 amide bonds. The predicted octanol–water partition coefficient (Wildman–Crippen LogP) is 7.63. The Kier molecular flexibility index (Phi) is 6.40. The molecule has 164 valence electrons. The number of halogens is 2. The summed E-state index contributed by atoms with van der Waals surface area (Å²) in [5.74, 6) is 0.935. The zero-order chi connectivity index (χ0) is 22.1. The van der Waals surface area contributed by atoms with E-state index in [-0.39, 0.29) is 5.82 Å². The Bertz CT molecular complexity index is 1230. The largest absolute Gasteiger partial charge is 0.357 e. The highest BCUT2D eigenvalue weighted by molar-refractivity contribution is 9.10. The molecule has 5 heteroatoms. The first kappa shape index (κ1) is 21.7. The van der Waals surface area contributed by atoms with Crippen molar-refractivity contribution in [1.29, 1.82) is 0 Å². The van der Waals surface area contributed by atoms with Gasteiger partial charge in [-0.15, -0.1) is 11.8 Å². The Morgan fingerprint density at radius 3 is 2.59 bits per heavy atom. The summed E-state index contributed by atoms with van der Waals surface area (Å²) in [5, 5.41) is 5.00. The van der Waals surface area contributed by atoms with E-state index < -0.39 is 0 Å². The van der Waals surface area contributed by atoms with E-state index in [1.54, 1.807) is 0 Å². The molecule has 2 N–H and O–H groups in total. The fraction of sp³-hybridized carbons (Fsp3) is 0.259. The molecule has 2 nitrogen and oxygen atoms in total. The molecule has 1 aliphatic heterocycles. The second-order valence-electron chi connectivity index (χ2n) is 8.52. The van der Waals surface area contributed by atoms with E-state index in [0.29, 0.717) is 6.04 Å². The van der Waals surface area contributed by atoms with Gasteiger partial charge in [0.15, 0.2) is 0 Å². The van der Waals surface area contributed by atoms with E-state index in [9.17, 15) is 4.39 Å². The summed E-state index contributed by atoms with van der Waals surface area (Å²) < 4.78 is 14.5. The highest BCUT2D eigenvalue weighted by Gasteiger charge is 2.24. The number of rotatable bonds is 6. The lowest BCUT2D eigenvalue weighted by atomic mass is 9.94. The van der Waals surface area contributed by atoms with Crippen LogP contribution in [0.5, 0.6) is 0 Å². The van der Waals surface area contributed by atoms with E-state index >= 15 is 0 Å². The van der Waals surface area contributed by atoms with Gasteiger partial charge in [-0.05, 0) is 88.5 Å². The van der Waals surface area contributed by atoms with Gasteiger partial charge in [-0.25, -0.2) is 4.39 Å². The van der Waals surface area contributed by atoms with Crippen molar-refractivity contribution in [3.63, 3.8) is 0 Å². The van der Waals surface area contributed by atoms with Crippen LogP contribution in [0.1, 0.15) is 29.7 Å². The van der Waals surface area contributed by atoms with Crippen LogP contribution in [-0.4, -0.2) is 16.8 Å². The van der Waals surface area contributed by atoms with Crippen LogP contribution >= 0.6 is 27.7 Å². The number of hydrogen-bond acceptors (Lipinski definition) is 2. The van der Waals surface area contributed by atoms with Gasteiger partial charge >= 0.3 is 0 Å². The molecule has 3 aromatic carbocycles. The molecular weight excluding hydrogens is 483 g/mol. The Balaban J connectivity index is 1.30. The van der Waals surface area contributed by atoms with E-state index in [2.05, 4.69) is 69.6 Å². The van der Waals surface area contributed by atoms with Crippen LogP contribution < -0.4 is 5.32 Å². The second-order valence-corrected chi connectivity index (χ2v) is 10.5. The van der Waals surface area contributed by atoms with Crippen LogP contribution in [0.15, 0.2) is 70.0 Å². The summed E-state index contributed by atoms with van der Waals surface area (Å²) in [6.07, 6.45) is 3.37. The summed E-state index contributed by atoms with van der Waals surface area (Å²) in [7, 11) is 0. The molecular formula is C27H26BrFN2S. The standard InChI is InChI=1S/C27H26BrFN2S/c1-17-4-10-21(11-5-17)32-14-2-3-20-15-25-23(16-30-20)26-22(12-13-24(28)27(26)31-25)18-6-8-19(29)9-7-18/h4-13,20,30-31H,2-3,14-16H2,1H3. The minimum absolute atomic E-state index is 0.205. The van der Waals surface area contributed by atoms with Gasteiger partial charge in [-0.3, -0.25) is 0 Å².